The van der Waals surface area contributed by atoms with Crippen molar-refractivity contribution in [3.05, 3.63) is 42.2 Å². The number of rotatable bonds is 1. The number of allylic oxidation sites excluding steroid dienone is 2. The summed E-state index contributed by atoms with van der Waals surface area (Å²) in [6, 6.07) is 3.99. The number of phenols is 1. The Balaban J connectivity index is 2.32. The highest BCUT2D eigenvalue weighted by Crippen LogP contribution is 2.41. The number of fused-ring (bicyclic) bond motifs is 2. The number of aliphatic hydroxyl groups excluding tert-OH is 1. The Morgan fingerprint density at radius 2 is 2.11 bits per heavy atom. The van der Waals surface area contributed by atoms with Crippen LogP contribution >= 0.6 is 0 Å². The summed E-state index contributed by atoms with van der Waals surface area (Å²) in [5.74, 6) is -0.0252. The van der Waals surface area contributed by atoms with E-state index >= 15 is 0 Å². The van der Waals surface area contributed by atoms with Gasteiger partial charge < -0.3 is 10.2 Å². The molecule has 1 aromatic carbocycles. The van der Waals surface area contributed by atoms with Crippen molar-refractivity contribution in [3.63, 3.8) is 0 Å². The number of aromatic hydroxyl groups is 1. The smallest absolute Gasteiger partial charge is 0.324 e. The molecule has 0 aromatic heterocycles. The first-order valence-corrected chi connectivity index (χ1v) is 5.73. The molecule has 2 aliphatic rings. The maximum atomic E-state index is 10.2. The van der Waals surface area contributed by atoms with Crippen molar-refractivity contribution in [3.8, 4) is 5.75 Å². The van der Waals surface area contributed by atoms with E-state index < -0.39 is 6.04 Å². The largest absolute Gasteiger partial charge is 0.509 e. The summed E-state index contributed by atoms with van der Waals surface area (Å²) in [6.07, 6.45) is 4.84. The molecule has 1 aliphatic carbocycles. The van der Waals surface area contributed by atoms with E-state index in [2.05, 4.69) is 0 Å². The molecule has 3 rings (SSSR count). The third-order valence-corrected chi connectivity index (χ3v) is 3.20. The minimum absolute atomic E-state index is 0.00366. The SMILES string of the molecule is CO[N+]1=C2C=CC=C(O)C2N(O)c2cccc(O)c21. The fraction of sp³-hybridized carbons (Fsp3) is 0.154. The fourth-order valence-corrected chi connectivity index (χ4v) is 2.39. The van der Waals surface area contributed by atoms with Crippen LogP contribution in [0.15, 0.2) is 42.2 Å². The molecule has 1 heterocycles. The van der Waals surface area contributed by atoms with Gasteiger partial charge in [0, 0.05) is 10.8 Å². The van der Waals surface area contributed by atoms with Gasteiger partial charge >= 0.3 is 5.69 Å². The van der Waals surface area contributed by atoms with Crippen molar-refractivity contribution in [1.82, 2.24) is 0 Å². The highest BCUT2D eigenvalue weighted by atomic mass is 16.7. The van der Waals surface area contributed by atoms with Crippen molar-refractivity contribution in [2.45, 2.75) is 6.04 Å². The molecule has 1 atom stereocenters. The molecule has 6 nitrogen and oxygen atoms in total. The zero-order chi connectivity index (χ0) is 13.6. The van der Waals surface area contributed by atoms with Crippen LogP contribution in [0.3, 0.4) is 0 Å². The van der Waals surface area contributed by atoms with E-state index in [1.807, 2.05) is 0 Å². The number of anilines is 1. The molecule has 0 fully saturated rings. The summed E-state index contributed by atoms with van der Waals surface area (Å²) in [6.45, 7) is 0. The maximum absolute atomic E-state index is 10.2. The van der Waals surface area contributed by atoms with Crippen LogP contribution in [0, 0.1) is 0 Å². The number of phenolic OH excluding ortho intramolecular Hbond substituents is 1. The van der Waals surface area contributed by atoms with Crippen LogP contribution in [-0.2, 0) is 4.84 Å². The van der Waals surface area contributed by atoms with E-state index in [1.54, 1.807) is 24.3 Å². The van der Waals surface area contributed by atoms with Gasteiger partial charge in [0.15, 0.2) is 5.75 Å². The van der Waals surface area contributed by atoms with Crippen LogP contribution < -0.4 is 5.06 Å². The van der Waals surface area contributed by atoms with E-state index in [4.69, 9.17) is 4.84 Å². The second kappa shape index (κ2) is 4.03. The van der Waals surface area contributed by atoms with Gasteiger partial charge in [-0.05, 0) is 18.2 Å². The second-order valence-corrected chi connectivity index (χ2v) is 4.24. The van der Waals surface area contributed by atoms with Crippen LogP contribution in [-0.4, -0.2) is 39.0 Å². The normalized spacial score (nSPS) is 20.8. The summed E-state index contributed by atoms with van der Waals surface area (Å²) in [5, 5.41) is 31.0. The van der Waals surface area contributed by atoms with Gasteiger partial charge in [-0.1, -0.05) is 12.1 Å². The third kappa shape index (κ3) is 1.50. The van der Waals surface area contributed by atoms with Crippen LogP contribution in [0.1, 0.15) is 0 Å². The van der Waals surface area contributed by atoms with Crippen molar-refractivity contribution in [2.75, 3.05) is 12.2 Å². The highest BCUT2D eigenvalue weighted by Gasteiger charge is 2.45. The standard InChI is InChI=1S/C13H12N2O4/c1-19-15-9-5-3-6-10(16)12(9)14(18)8-4-2-7-11(17)13(8)15/h2-7,12,17-18H,1H3/p+1. The molecule has 98 valence electrons. The number of hydroxylamine groups is 1. The van der Waals surface area contributed by atoms with E-state index in [0.29, 0.717) is 17.1 Å². The molecular formula is C13H13N2O4+. The first-order chi connectivity index (χ1) is 9.15. The fourth-order valence-electron chi connectivity index (χ4n) is 2.39. The van der Waals surface area contributed by atoms with Gasteiger partial charge in [0.05, 0.1) is 0 Å². The van der Waals surface area contributed by atoms with E-state index in [0.717, 1.165) is 5.06 Å². The molecule has 6 heteroatoms. The predicted molar refractivity (Wildman–Crippen MR) is 67.9 cm³/mol. The molecule has 0 radical (unpaired) electrons. The van der Waals surface area contributed by atoms with E-state index in [1.165, 1.54) is 24.0 Å². The van der Waals surface area contributed by atoms with Crippen LogP contribution in [0.2, 0.25) is 0 Å². The summed E-state index contributed by atoms with van der Waals surface area (Å²) in [5.41, 5.74) is 1.20. The Morgan fingerprint density at radius 1 is 1.32 bits per heavy atom. The predicted octanol–water partition coefficient (Wildman–Crippen LogP) is 1.63. The van der Waals surface area contributed by atoms with Crippen molar-refractivity contribution < 1.29 is 25.0 Å². The lowest BCUT2D eigenvalue weighted by Crippen LogP contribution is -2.47. The van der Waals surface area contributed by atoms with Gasteiger partial charge in [0.2, 0.25) is 6.04 Å². The van der Waals surface area contributed by atoms with Crippen molar-refractivity contribution in [1.29, 1.82) is 0 Å². The minimum atomic E-state index is -0.751. The first kappa shape index (κ1) is 11.6. The molecule has 19 heavy (non-hydrogen) atoms. The highest BCUT2D eigenvalue weighted by molar-refractivity contribution is 6.03. The molecule has 0 saturated heterocycles. The number of para-hydroxylation sites is 1. The lowest BCUT2D eigenvalue weighted by molar-refractivity contribution is -0.721. The zero-order valence-corrected chi connectivity index (χ0v) is 10.2. The molecule has 0 spiro atoms. The average molecular weight is 261 g/mol. The topological polar surface area (TPSA) is 76.2 Å². The van der Waals surface area contributed by atoms with Gasteiger partial charge in [-0.25, -0.2) is 5.06 Å². The Labute approximate surface area is 109 Å². The molecule has 0 bridgehead atoms. The number of hydrogen-bond acceptors (Lipinski definition) is 5. The molecule has 1 aromatic rings. The average Bonchev–Trinajstić information content (AvgIpc) is 2.40. The Morgan fingerprint density at radius 3 is 2.84 bits per heavy atom. The lowest BCUT2D eigenvalue weighted by atomic mass is 10.0. The minimum Gasteiger partial charge on any atom is -0.509 e. The van der Waals surface area contributed by atoms with Crippen molar-refractivity contribution in [2.24, 2.45) is 0 Å². The van der Waals surface area contributed by atoms with Gasteiger partial charge in [-0.2, -0.15) is 0 Å². The molecule has 1 unspecified atom stereocenters. The maximum Gasteiger partial charge on any atom is 0.324 e. The Kier molecular flexibility index (Phi) is 2.46. The molecule has 1 aliphatic heterocycles. The summed E-state index contributed by atoms with van der Waals surface area (Å²) >= 11 is 0. The van der Waals surface area contributed by atoms with Crippen LogP contribution in [0.5, 0.6) is 5.75 Å². The van der Waals surface area contributed by atoms with E-state index in [-0.39, 0.29) is 11.5 Å². The summed E-state index contributed by atoms with van der Waals surface area (Å²) in [4.78, 5) is 5.27. The Hall–Kier alpha value is -2.47. The molecule has 3 N–H and O–H groups in total. The molecular weight excluding hydrogens is 248 g/mol. The number of benzene rings is 1. The summed E-state index contributed by atoms with van der Waals surface area (Å²) in [7, 11) is 1.45. The number of aliphatic hydroxyl groups is 1. The quantitative estimate of drug-likeness (QED) is 0.670. The molecule has 0 amide bonds. The summed E-state index contributed by atoms with van der Waals surface area (Å²) < 4.78 is 1.39. The van der Waals surface area contributed by atoms with Gasteiger partial charge in [0.1, 0.15) is 18.6 Å². The number of nitrogens with zero attached hydrogens (tertiary/aromatic N) is 2. The van der Waals surface area contributed by atoms with Crippen molar-refractivity contribution >= 4 is 17.1 Å². The van der Waals surface area contributed by atoms with E-state index in [9.17, 15) is 15.4 Å². The third-order valence-electron chi connectivity index (χ3n) is 3.20. The number of hydrogen-bond donors (Lipinski definition) is 3. The van der Waals surface area contributed by atoms with Gasteiger partial charge in [-0.3, -0.25) is 10.0 Å². The first-order valence-electron chi connectivity index (χ1n) is 5.73. The van der Waals surface area contributed by atoms with Crippen LogP contribution in [0.4, 0.5) is 11.4 Å². The lowest BCUT2D eigenvalue weighted by Gasteiger charge is -2.30. The van der Waals surface area contributed by atoms with Gasteiger partial charge in [-0.15, -0.1) is 0 Å². The van der Waals surface area contributed by atoms with Crippen LogP contribution in [0.25, 0.3) is 0 Å². The Bertz CT molecular complexity index is 634. The zero-order valence-electron chi connectivity index (χ0n) is 10.2. The molecule has 0 saturated carbocycles. The van der Waals surface area contributed by atoms with Gasteiger partial charge in [0.25, 0.3) is 5.71 Å². The second-order valence-electron chi connectivity index (χ2n) is 4.24. The monoisotopic (exact) mass is 261 g/mol.